The van der Waals surface area contributed by atoms with Crippen LogP contribution in [0.5, 0.6) is 0 Å². The van der Waals surface area contributed by atoms with Crippen molar-refractivity contribution in [1.29, 1.82) is 5.26 Å². The lowest BCUT2D eigenvalue weighted by atomic mass is 9.84. The first-order chi connectivity index (χ1) is 16.9. The van der Waals surface area contributed by atoms with Crippen LogP contribution >= 0.6 is 37.2 Å². The van der Waals surface area contributed by atoms with Crippen molar-refractivity contribution >= 4 is 62.9 Å². The highest BCUT2D eigenvalue weighted by Crippen LogP contribution is 2.37. The van der Waals surface area contributed by atoms with Crippen LogP contribution in [0.3, 0.4) is 0 Å². The number of piperidine rings is 1. The van der Waals surface area contributed by atoms with Gasteiger partial charge in [-0.25, -0.2) is 0 Å². The van der Waals surface area contributed by atoms with Crippen LogP contribution in [0, 0.1) is 17.2 Å². The Labute approximate surface area is 245 Å². The van der Waals surface area contributed by atoms with Crippen molar-refractivity contribution in [3.63, 3.8) is 0 Å². The Morgan fingerprint density at radius 2 is 1.92 bits per heavy atom. The monoisotopic (exact) mass is 599 g/mol. The first kappa shape index (κ1) is 32.7. The molecule has 2 fully saturated rings. The summed E-state index contributed by atoms with van der Waals surface area (Å²) in [7, 11) is -1.10. The highest BCUT2D eigenvalue weighted by atomic mass is 35.5. The third-order valence-corrected chi connectivity index (χ3v) is 9.29. The predicted octanol–water partition coefficient (Wildman–Crippen LogP) is 4.56. The number of nitrogens with one attached hydrogen (secondary N) is 1. The molecule has 0 spiro atoms. The van der Waals surface area contributed by atoms with Crippen LogP contribution in [0.1, 0.15) is 24.8 Å². The topological polar surface area (TPSA) is 90.8 Å². The standard InChI is InChI=1S/C26H37N7OSi.3ClH/c1-35(2,3)13-12-34-17-21-14-30-24(23-6-11-29-25(21)23)20-15-31-33(16-20)26(7-8-27)18-32(19-26)22-4-9-28-10-5-22;;;/h6,11,14-16,21-22,28H,4-5,7,9-10,12-13,17-19H2,1-3H3;3*1H. The fourth-order valence-corrected chi connectivity index (χ4v) is 6.17. The molecule has 4 aliphatic heterocycles. The number of fused-ring (bicyclic) bond motifs is 1. The van der Waals surface area contributed by atoms with Crippen molar-refractivity contribution in [2.75, 3.05) is 39.4 Å². The molecule has 0 saturated carbocycles. The molecule has 0 radical (unpaired) electrons. The van der Waals surface area contributed by atoms with Gasteiger partial charge in [0.1, 0.15) is 5.54 Å². The van der Waals surface area contributed by atoms with Gasteiger partial charge in [0.2, 0.25) is 0 Å². The molecular formula is C26H40Cl3N7OSi. The minimum absolute atomic E-state index is 0. The molecule has 1 atom stereocenters. The van der Waals surface area contributed by atoms with Crippen LogP contribution in [0.2, 0.25) is 25.7 Å². The average molecular weight is 601 g/mol. The Hall–Kier alpha value is -1.51. The maximum atomic E-state index is 9.58. The van der Waals surface area contributed by atoms with Gasteiger partial charge >= 0.3 is 0 Å². The second-order valence-electron chi connectivity index (χ2n) is 11.5. The zero-order valence-corrected chi connectivity index (χ0v) is 25.9. The van der Waals surface area contributed by atoms with Crippen molar-refractivity contribution in [1.82, 2.24) is 20.0 Å². The maximum absolute atomic E-state index is 9.58. The van der Waals surface area contributed by atoms with Gasteiger partial charge in [-0.2, -0.15) is 10.4 Å². The van der Waals surface area contributed by atoms with E-state index in [4.69, 9.17) is 14.8 Å². The largest absolute Gasteiger partial charge is 0.381 e. The van der Waals surface area contributed by atoms with Crippen molar-refractivity contribution in [3.05, 3.63) is 35.8 Å². The number of nitriles is 1. The van der Waals surface area contributed by atoms with E-state index in [0.717, 1.165) is 61.4 Å². The number of hydrogen-bond acceptors (Lipinski definition) is 7. The number of rotatable bonds is 9. The Kier molecular flexibility index (Phi) is 11.8. The second-order valence-corrected chi connectivity index (χ2v) is 17.1. The van der Waals surface area contributed by atoms with Gasteiger partial charge < -0.3 is 10.1 Å². The number of nitrogens with zero attached hydrogens (tertiary/aromatic N) is 6. The Balaban J connectivity index is 0.00000169. The molecule has 1 unspecified atom stereocenters. The maximum Gasteiger partial charge on any atom is 0.101 e. The zero-order chi connectivity index (χ0) is 24.5. The van der Waals surface area contributed by atoms with E-state index in [1.54, 1.807) is 0 Å². The lowest BCUT2D eigenvalue weighted by Crippen LogP contribution is -2.66. The van der Waals surface area contributed by atoms with Crippen LogP contribution in [-0.4, -0.2) is 80.1 Å². The SMILES string of the molecule is C[Si](C)(C)CCOCC1C=NC(c2cnn(C3(CC#N)CN(C4CCNCC4)C3)c2)=C2C=CN=C21.Cl.Cl.Cl. The van der Waals surface area contributed by atoms with Gasteiger partial charge in [0.25, 0.3) is 0 Å². The molecule has 5 rings (SSSR count). The molecule has 38 heavy (non-hydrogen) atoms. The third-order valence-electron chi connectivity index (χ3n) is 7.58. The summed E-state index contributed by atoms with van der Waals surface area (Å²) in [6.45, 7) is 12.4. The second kappa shape index (κ2) is 13.7. The molecule has 8 nitrogen and oxygen atoms in total. The van der Waals surface area contributed by atoms with E-state index in [1.807, 2.05) is 29.4 Å². The smallest absolute Gasteiger partial charge is 0.101 e. The Morgan fingerprint density at radius 3 is 2.61 bits per heavy atom. The van der Waals surface area contributed by atoms with Crippen molar-refractivity contribution in [2.24, 2.45) is 15.9 Å². The number of hydrogen-bond donors (Lipinski definition) is 1. The van der Waals surface area contributed by atoms with Crippen molar-refractivity contribution in [3.8, 4) is 6.07 Å². The van der Waals surface area contributed by atoms with E-state index in [0.29, 0.717) is 19.1 Å². The lowest BCUT2D eigenvalue weighted by molar-refractivity contribution is -0.0340. The van der Waals surface area contributed by atoms with Crippen LogP contribution in [-0.2, 0) is 10.3 Å². The first-order valence-corrected chi connectivity index (χ1v) is 16.6. The Bertz CT molecular complexity index is 1110. The molecule has 0 bridgehead atoms. The van der Waals surface area contributed by atoms with Gasteiger partial charge in [-0.1, -0.05) is 19.6 Å². The van der Waals surface area contributed by atoms with Crippen LogP contribution in [0.25, 0.3) is 5.70 Å². The van der Waals surface area contributed by atoms with Crippen LogP contribution < -0.4 is 5.32 Å². The fourth-order valence-electron chi connectivity index (χ4n) is 5.42. The van der Waals surface area contributed by atoms with Gasteiger partial charge in [0, 0.05) is 63.6 Å². The van der Waals surface area contributed by atoms with Crippen LogP contribution in [0.4, 0.5) is 0 Å². The number of likely N-dealkylation sites (tertiary alicyclic amines) is 1. The number of ether oxygens (including phenoxy) is 1. The van der Waals surface area contributed by atoms with Gasteiger partial charge in [0.15, 0.2) is 0 Å². The average Bonchev–Trinajstić information content (AvgIpc) is 3.49. The van der Waals surface area contributed by atoms with Gasteiger partial charge in [-0.3, -0.25) is 19.6 Å². The molecule has 0 aliphatic carbocycles. The first-order valence-electron chi connectivity index (χ1n) is 12.9. The molecule has 5 heterocycles. The van der Waals surface area contributed by atoms with E-state index in [-0.39, 0.29) is 48.7 Å². The molecule has 1 aromatic heterocycles. The fraction of sp³-hybridized carbons (Fsp3) is 0.615. The zero-order valence-electron chi connectivity index (χ0n) is 22.4. The molecular weight excluding hydrogens is 561 g/mol. The number of allylic oxidation sites excluding steroid dienone is 2. The summed E-state index contributed by atoms with van der Waals surface area (Å²) in [5.74, 6) is 0.0792. The molecule has 210 valence electrons. The van der Waals surface area contributed by atoms with E-state index in [2.05, 4.69) is 47.1 Å². The number of aliphatic imine (C=N–C) groups is 2. The lowest BCUT2D eigenvalue weighted by Gasteiger charge is -2.53. The van der Waals surface area contributed by atoms with Crippen molar-refractivity contribution < 1.29 is 4.74 Å². The van der Waals surface area contributed by atoms with Crippen LogP contribution in [0.15, 0.2) is 40.2 Å². The normalized spacial score (nSPS) is 22.4. The molecule has 1 N–H and O–H groups in total. The summed E-state index contributed by atoms with van der Waals surface area (Å²) in [6, 6.07) is 4.18. The minimum atomic E-state index is -1.10. The highest BCUT2D eigenvalue weighted by molar-refractivity contribution is 6.76. The van der Waals surface area contributed by atoms with Gasteiger partial charge in [-0.15, -0.1) is 37.2 Å². The molecule has 0 aromatic carbocycles. The summed E-state index contributed by atoms with van der Waals surface area (Å²) in [5.41, 5.74) is 3.72. The van der Waals surface area contributed by atoms with E-state index in [9.17, 15) is 5.26 Å². The summed E-state index contributed by atoms with van der Waals surface area (Å²) in [4.78, 5) is 12.0. The van der Waals surface area contributed by atoms with Gasteiger partial charge in [0.05, 0.1) is 42.6 Å². The minimum Gasteiger partial charge on any atom is -0.381 e. The summed E-state index contributed by atoms with van der Waals surface area (Å²) in [5, 5.41) is 17.8. The summed E-state index contributed by atoms with van der Waals surface area (Å²) >= 11 is 0. The van der Waals surface area contributed by atoms with E-state index < -0.39 is 8.07 Å². The predicted molar refractivity (Wildman–Crippen MR) is 164 cm³/mol. The highest BCUT2D eigenvalue weighted by Gasteiger charge is 2.48. The number of halogens is 3. The quantitative estimate of drug-likeness (QED) is 0.332. The summed E-state index contributed by atoms with van der Waals surface area (Å²) in [6.07, 6.45) is 12.7. The molecule has 12 heteroatoms. The molecule has 0 amide bonds. The van der Waals surface area contributed by atoms with E-state index >= 15 is 0 Å². The molecule has 4 aliphatic rings. The molecule has 1 aromatic rings. The Morgan fingerprint density at radius 1 is 1.18 bits per heavy atom. The third kappa shape index (κ3) is 6.97. The van der Waals surface area contributed by atoms with E-state index in [1.165, 1.54) is 12.8 Å². The summed E-state index contributed by atoms with van der Waals surface area (Å²) < 4.78 is 8.03. The molecule has 2 saturated heterocycles. The van der Waals surface area contributed by atoms with Crippen molar-refractivity contribution in [2.45, 2.75) is 56.5 Å². The number of aromatic nitrogens is 2. The van der Waals surface area contributed by atoms with Gasteiger partial charge in [-0.05, 0) is 38.1 Å².